The van der Waals surface area contributed by atoms with E-state index in [2.05, 4.69) is 4.72 Å². The first-order chi connectivity index (χ1) is 8.40. The molecule has 0 saturated carbocycles. The molecule has 1 aliphatic heterocycles. The van der Waals surface area contributed by atoms with E-state index in [9.17, 15) is 12.8 Å². The van der Waals surface area contributed by atoms with Crippen LogP contribution < -0.4 is 9.46 Å². The van der Waals surface area contributed by atoms with Crippen LogP contribution in [0.2, 0.25) is 0 Å². The smallest absolute Gasteiger partial charge is 0.247 e. The summed E-state index contributed by atoms with van der Waals surface area (Å²) in [6.45, 7) is 4.20. The van der Waals surface area contributed by atoms with Gasteiger partial charge in [-0.2, -0.15) is 0 Å². The van der Waals surface area contributed by atoms with Crippen LogP contribution >= 0.6 is 0 Å². The number of halogens is 1. The van der Waals surface area contributed by atoms with Crippen molar-refractivity contribution in [3.63, 3.8) is 0 Å². The van der Waals surface area contributed by atoms with E-state index in [-0.39, 0.29) is 18.4 Å². The maximum atomic E-state index is 13.6. The summed E-state index contributed by atoms with van der Waals surface area (Å²) in [6.07, 6.45) is 0.648. The van der Waals surface area contributed by atoms with E-state index in [1.54, 1.807) is 0 Å². The van der Waals surface area contributed by atoms with Gasteiger partial charge in [0.25, 0.3) is 0 Å². The van der Waals surface area contributed by atoms with E-state index >= 15 is 0 Å². The molecule has 1 N–H and O–H groups in total. The van der Waals surface area contributed by atoms with Crippen molar-refractivity contribution in [1.82, 2.24) is 4.72 Å². The first-order valence-corrected chi connectivity index (χ1v) is 7.32. The van der Waals surface area contributed by atoms with Gasteiger partial charge in [0.2, 0.25) is 10.0 Å². The van der Waals surface area contributed by atoms with Gasteiger partial charge in [-0.15, -0.1) is 0 Å². The predicted molar refractivity (Wildman–Crippen MR) is 65.5 cm³/mol. The number of sulfonamides is 1. The average molecular weight is 273 g/mol. The first-order valence-electron chi connectivity index (χ1n) is 5.84. The maximum absolute atomic E-state index is 13.6. The summed E-state index contributed by atoms with van der Waals surface area (Å²) in [4.78, 5) is -0.392. The van der Waals surface area contributed by atoms with Crippen molar-refractivity contribution in [2.75, 3.05) is 6.61 Å². The Morgan fingerprint density at radius 3 is 2.89 bits per heavy atom. The van der Waals surface area contributed by atoms with Crippen molar-refractivity contribution >= 4 is 10.0 Å². The van der Waals surface area contributed by atoms with Crippen molar-refractivity contribution in [3.8, 4) is 5.75 Å². The summed E-state index contributed by atoms with van der Waals surface area (Å²) >= 11 is 0. The molecule has 6 heteroatoms. The molecule has 1 heterocycles. The second kappa shape index (κ2) is 4.85. The summed E-state index contributed by atoms with van der Waals surface area (Å²) < 4.78 is 45.7. The maximum Gasteiger partial charge on any atom is 0.247 e. The Bertz CT molecular complexity index is 542. The Kier molecular flexibility index (Phi) is 3.59. The van der Waals surface area contributed by atoms with Crippen LogP contribution in [0.3, 0.4) is 0 Å². The topological polar surface area (TPSA) is 55.4 Å². The molecule has 1 aliphatic rings. The lowest BCUT2D eigenvalue weighted by Crippen LogP contribution is -2.37. The van der Waals surface area contributed by atoms with Crippen LogP contribution in [0.1, 0.15) is 20.3 Å². The molecular weight excluding hydrogens is 257 g/mol. The molecule has 0 bridgehead atoms. The third-order valence-electron chi connectivity index (χ3n) is 2.72. The lowest BCUT2D eigenvalue weighted by molar-refractivity contribution is 0.261. The van der Waals surface area contributed by atoms with E-state index in [4.69, 9.17) is 4.74 Å². The molecule has 1 aromatic carbocycles. The normalized spacial score (nSPS) is 22.1. The molecule has 1 aromatic rings. The van der Waals surface area contributed by atoms with Gasteiger partial charge >= 0.3 is 0 Å². The Hall–Kier alpha value is -1.14. The molecular formula is C12H16FNO3S. The summed E-state index contributed by atoms with van der Waals surface area (Å²) in [5.74, 6) is -0.383. The fourth-order valence-electron chi connectivity index (χ4n) is 2.05. The highest BCUT2D eigenvalue weighted by Crippen LogP contribution is 2.29. The third-order valence-corrected chi connectivity index (χ3v) is 4.29. The minimum atomic E-state index is -3.85. The third kappa shape index (κ3) is 2.64. The Balaban J connectivity index is 2.39. The molecule has 0 aromatic heterocycles. The Morgan fingerprint density at radius 1 is 1.50 bits per heavy atom. The van der Waals surface area contributed by atoms with Crippen LogP contribution in [0.25, 0.3) is 0 Å². The molecule has 2 rings (SSSR count). The van der Waals surface area contributed by atoms with Gasteiger partial charge < -0.3 is 4.74 Å². The van der Waals surface area contributed by atoms with Gasteiger partial charge in [0.15, 0.2) is 4.90 Å². The van der Waals surface area contributed by atoms with Gasteiger partial charge in [0.1, 0.15) is 18.2 Å². The van der Waals surface area contributed by atoms with E-state index in [1.807, 2.05) is 13.8 Å². The average Bonchev–Trinajstić information content (AvgIpc) is 2.35. The SMILES string of the molecule is CC(C)C[C@@H]1COc2cccc(F)c2S(=O)(=O)N1. The van der Waals surface area contributed by atoms with Crippen molar-refractivity contribution in [2.24, 2.45) is 5.92 Å². The second-order valence-electron chi connectivity index (χ2n) is 4.83. The van der Waals surface area contributed by atoms with Crippen molar-refractivity contribution in [3.05, 3.63) is 24.0 Å². The lowest BCUT2D eigenvalue weighted by Gasteiger charge is -2.16. The number of nitrogens with one attached hydrogen (secondary N) is 1. The van der Waals surface area contributed by atoms with Crippen LogP contribution in [0.4, 0.5) is 4.39 Å². The first kappa shape index (κ1) is 13.3. The van der Waals surface area contributed by atoms with Crippen molar-refractivity contribution in [1.29, 1.82) is 0 Å². The van der Waals surface area contributed by atoms with Crippen molar-refractivity contribution in [2.45, 2.75) is 31.2 Å². The molecule has 0 amide bonds. The largest absolute Gasteiger partial charge is 0.490 e. The highest BCUT2D eigenvalue weighted by Gasteiger charge is 2.31. The number of fused-ring (bicyclic) bond motifs is 1. The number of ether oxygens (including phenoxy) is 1. The molecule has 0 unspecified atom stereocenters. The van der Waals surface area contributed by atoms with Gasteiger partial charge in [-0.25, -0.2) is 17.5 Å². The number of hydrogen-bond acceptors (Lipinski definition) is 3. The highest BCUT2D eigenvalue weighted by atomic mass is 32.2. The molecule has 100 valence electrons. The monoisotopic (exact) mass is 273 g/mol. The highest BCUT2D eigenvalue weighted by molar-refractivity contribution is 7.89. The predicted octanol–water partition coefficient (Wildman–Crippen LogP) is 1.91. The lowest BCUT2D eigenvalue weighted by atomic mass is 10.1. The molecule has 0 radical (unpaired) electrons. The summed E-state index contributed by atoms with van der Waals surface area (Å²) in [5, 5.41) is 0. The van der Waals surface area contributed by atoms with E-state index in [1.165, 1.54) is 12.1 Å². The zero-order valence-corrected chi connectivity index (χ0v) is 11.1. The van der Waals surface area contributed by atoms with Crippen LogP contribution in [0, 0.1) is 11.7 Å². The molecule has 18 heavy (non-hydrogen) atoms. The summed E-state index contributed by atoms with van der Waals surface area (Å²) in [7, 11) is -3.85. The Labute approximate surface area is 106 Å². The zero-order valence-electron chi connectivity index (χ0n) is 10.3. The van der Waals surface area contributed by atoms with Gasteiger partial charge in [-0.05, 0) is 24.5 Å². The van der Waals surface area contributed by atoms with Crippen LogP contribution in [0.15, 0.2) is 23.1 Å². The van der Waals surface area contributed by atoms with Crippen LogP contribution in [0.5, 0.6) is 5.75 Å². The summed E-state index contributed by atoms with van der Waals surface area (Å²) in [5.41, 5.74) is 0. The molecule has 1 atom stereocenters. The fraction of sp³-hybridized carbons (Fsp3) is 0.500. The standard InChI is InChI=1S/C12H16FNO3S/c1-8(2)6-9-7-17-11-5-3-4-10(13)12(11)18(15,16)14-9/h3-5,8-9,14H,6-7H2,1-2H3/t9-/m1/s1. The summed E-state index contributed by atoms with van der Waals surface area (Å²) in [6, 6.07) is 3.69. The van der Waals surface area contributed by atoms with E-state index < -0.39 is 20.7 Å². The molecule has 0 fully saturated rings. The molecule has 0 spiro atoms. The Morgan fingerprint density at radius 2 is 2.22 bits per heavy atom. The van der Waals surface area contributed by atoms with Crippen molar-refractivity contribution < 1.29 is 17.5 Å². The minimum absolute atomic E-state index is 0.0776. The minimum Gasteiger partial charge on any atom is -0.490 e. The number of rotatable bonds is 2. The van der Waals surface area contributed by atoms with Gasteiger partial charge in [-0.1, -0.05) is 19.9 Å². The molecule has 4 nitrogen and oxygen atoms in total. The second-order valence-corrected chi connectivity index (χ2v) is 6.48. The number of benzene rings is 1. The van der Waals surface area contributed by atoms with Gasteiger partial charge in [0.05, 0.1) is 6.04 Å². The number of hydrogen-bond donors (Lipinski definition) is 1. The van der Waals surface area contributed by atoms with Crippen LogP contribution in [-0.4, -0.2) is 21.1 Å². The van der Waals surface area contributed by atoms with Crippen LogP contribution in [-0.2, 0) is 10.0 Å². The zero-order chi connectivity index (χ0) is 13.3. The quantitative estimate of drug-likeness (QED) is 0.895. The molecule has 0 aliphatic carbocycles. The van der Waals surface area contributed by atoms with E-state index in [0.717, 1.165) is 6.07 Å². The van der Waals surface area contributed by atoms with Gasteiger partial charge in [0, 0.05) is 0 Å². The van der Waals surface area contributed by atoms with Gasteiger partial charge in [-0.3, -0.25) is 0 Å². The fourth-order valence-corrected chi connectivity index (χ4v) is 3.49. The molecule has 0 saturated heterocycles. The van der Waals surface area contributed by atoms with E-state index in [0.29, 0.717) is 12.3 Å².